The Labute approximate surface area is 88.6 Å². The molecule has 2 atom stereocenters. The van der Waals surface area contributed by atoms with Gasteiger partial charge in [0.05, 0.1) is 0 Å². The highest BCUT2D eigenvalue weighted by atomic mass is 17.1. The minimum absolute atomic E-state index is 0.0170. The highest BCUT2D eigenvalue weighted by Gasteiger charge is 2.32. The third-order valence-electron chi connectivity index (χ3n) is 2.85. The van der Waals surface area contributed by atoms with E-state index in [2.05, 4.69) is 39.5 Å². The van der Waals surface area contributed by atoms with Crippen LogP contribution >= 0.6 is 0 Å². The smallest absolute Gasteiger partial charge is 0.100 e. The molecule has 0 radical (unpaired) electrons. The molecule has 0 spiro atoms. The topological polar surface area (TPSA) is 29.5 Å². The van der Waals surface area contributed by atoms with Crippen LogP contribution in [-0.2, 0) is 4.89 Å². The van der Waals surface area contributed by atoms with Crippen LogP contribution in [0.15, 0.2) is 0 Å². The van der Waals surface area contributed by atoms with Crippen molar-refractivity contribution in [2.24, 2.45) is 11.3 Å². The summed E-state index contributed by atoms with van der Waals surface area (Å²) in [6.45, 7) is 10.7. The molecule has 14 heavy (non-hydrogen) atoms. The van der Waals surface area contributed by atoms with E-state index in [1.807, 2.05) is 0 Å². The van der Waals surface area contributed by atoms with Crippen LogP contribution in [-0.4, -0.2) is 11.4 Å². The van der Waals surface area contributed by atoms with Crippen molar-refractivity contribution in [3.8, 4) is 0 Å². The van der Waals surface area contributed by atoms with Gasteiger partial charge in [-0.25, -0.2) is 4.89 Å². The molecular weight excluding hydrogens is 176 g/mol. The van der Waals surface area contributed by atoms with Crippen LogP contribution in [0.3, 0.4) is 0 Å². The Hall–Kier alpha value is -0.0800. The van der Waals surface area contributed by atoms with E-state index in [0.717, 1.165) is 12.8 Å². The molecule has 0 saturated carbocycles. The second kappa shape index (κ2) is 6.41. The third-order valence-corrected chi connectivity index (χ3v) is 2.85. The van der Waals surface area contributed by atoms with Gasteiger partial charge in [-0.15, -0.1) is 0 Å². The van der Waals surface area contributed by atoms with Gasteiger partial charge >= 0.3 is 0 Å². The van der Waals surface area contributed by atoms with Crippen LogP contribution in [0, 0.1) is 11.3 Å². The largest absolute Gasteiger partial charge is 0.252 e. The van der Waals surface area contributed by atoms with Gasteiger partial charge in [-0.2, -0.15) is 0 Å². The van der Waals surface area contributed by atoms with E-state index < -0.39 is 0 Å². The first-order chi connectivity index (χ1) is 6.47. The molecule has 0 amide bonds. The second-order valence-electron chi connectivity index (χ2n) is 5.20. The average Bonchev–Trinajstić information content (AvgIpc) is 2.09. The number of hydrogen-bond donors (Lipinski definition) is 1. The van der Waals surface area contributed by atoms with Crippen molar-refractivity contribution in [3.63, 3.8) is 0 Å². The molecule has 2 heteroatoms. The molecule has 0 aliphatic carbocycles. The van der Waals surface area contributed by atoms with Crippen molar-refractivity contribution in [2.45, 2.75) is 66.4 Å². The van der Waals surface area contributed by atoms with Gasteiger partial charge in [0.1, 0.15) is 6.10 Å². The van der Waals surface area contributed by atoms with Crippen molar-refractivity contribution < 1.29 is 10.1 Å². The van der Waals surface area contributed by atoms with Crippen LogP contribution in [0.2, 0.25) is 0 Å². The summed E-state index contributed by atoms with van der Waals surface area (Å²) in [6, 6.07) is 0. The van der Waals surface area contributed by atoms with E-state index in [-0.39, 0.29) is 11.5 Å². The van der Waals surface area contributed by atoms with Crippen molar-refractivity contribution in [1.82, 2.24) is 0 Å². The summed E-state index contributed by atoms with van der Waals surface area (Å²) in [4.78, 5) is 4.66. The zero-order valence-corrected chi connectivity index (χ0v) is 10.3. The minimum atomic E-state index is -0.0425. The van der Waals surface area contributed by atoms with Gasteiger partial charge in [0.2, 0.25) is 0 Å². The van der Waals surface area contributed by atoms with Gasteiger partial charge in [0, 0.05) is 0 Å². The normalized spacial score (nSPS) is 16.7. The monoisotopic (exact) mass is 202 g/mol. The lowest BCUT2D eigenvalue weighted by molar-refractivity contribution is -0.312. The van der Waals surface area contributed by atoms with Crippen LogP contribution in [0.5, 0.6) is 0 Å². The van der Waals surface area contributed by atoms with E-state index in [1.165, 1.54) is 12.8 Å². The summed E-state index contributed by atoms with van der Waals surface area (Å²) >= 11 is 0. The Balaban J connectivity index is 4.29. The lowest BCUT2D eigenvalue weighted by Crippen LogP contribution is -2.35. The van der Waals surface area contributed by atoms with Gasteiger partial charge < -0.3 is 0 Å². The molecule has 0 aliphatic rings. The molecule has 0 aromatic heterocycles. The van der Waals surface area contributed by atoms with E-state index in [9.17, 15) is 0 Å². The minimum Gasteiger partial charge on any atom is -0.252 e. The highest BCUT2D eigenvalue weighted by Crippen LogP contribution is 2.32. The molecular formula is C12H26O2. The summed E-state index contributed by atoms with van der Waals surface area (Å²) in [5.41, 5.74) is 0.0170. The molecule has 0 aromatic carbocycles. The lowest BCUT2D eigenvalue weighted by atomic mass is 9.78. The van der Waals surface area contributed by atoms with E-state index in [1.54, 1.807) is 0 Å². The highest BCUT2D eigenvalue weighted by molar-refractivity contribution is 4.80. The average molecular weight is 202 g/mol. The molecule has 0 heterocycles. The van der Waals surface area contributed by atoms with Crippen molar-refractivity contribution in [3.05, 3.63) is 0 Å². The van der Waals surface area contributed by atoms with Gasteiger partial charge in [0.15, 0.2) is 0 Å². The van der Waals surface area contributed by atoms with Crippen molar-refractivity contribution >= 4 is 0 Å². The quantitative estimate of drug-likeness (QED) is 0.519. The molecule has 0 saturated heterocycles. The Bertz CT molecular complexity index is 138. The predicted molar refractivity (Wildman–Crippen MR) is 60.3 cm³/mol. The SMILES string of the molecule is CCCCC(CC)C(OO)C(C)(C)C. The van der Waals surface area contributed by atoms with Crippen LogP contribution < -0.4 is 0 Å². The maximum atomic E-state index is 8.96. The summed E-state index contributed by atoms with van der Waals surface area (Å²) < 4.78 is 0. The molecule has 2 unspecified atom stereocenters. The maximum absolute atomic E-state index is 8.96. The van der Waals surface area contributed by atoms with Crippen LogP contribution in [0.1, 0.15) is 60.3 Å². The summed E-state index contributed by atoms with van der Waals surface area (Å²) in [5, 5.41) is 8.96. The molecule has 0 bridgehead atoms. The Morgan fingerprint density at radius 1 is 1.21 bits per heavy atom. The Morgan fingerprint density at radius 2 is 1.79 bits per heavy atom. The second-order valence-corrected chi connectivity index (χ2v) is 5.20. The fourth-order valence-electron chi connectivity index (χ4n) is 1.99. The number of unbranched alkanes of at least 4 members (excludes halogenated alkanes) is 1. The Kier molecular flexibility index (Phi) is 6.38. The number of hydrogen-bond acceptors (Lipinski definition) is 2. The summed E-state index contributed by atoms with van der Waals surface area (Å²) in [7, 11) is 0. The zero-order chi connectivity index (χ0) is 11.2. The van der Waals surface area contributed by atoms with Crippen molar-refractivity contribution in [1.29, 1.82) is 0 Å². The van der Waals surface area contributed by atoms with Gasteiger partial charge in [-0.05, 0) is 17.8 Å². The summed E-state index contributed by atoms with van der Waals surface area (Å²) in [5.74, 6) is 0.472. The first-order valence-electron chi connectivity index (χ1n) is 5.77. The van der Waals surface area contributed by atoms with Crippen LogP contribution in [0.4, 0.5) is 0 Å². The first-order valence-corrected chi connectivity index (χ1v) is 5.77. The molecule has 0 fully saturated rings. The zero-order valence-electron chi connectivity index (χ0n) is 10.3. The standard InChI is InChI=1S/C12H26O2/c1-6-8-9-10(7-2)11(14-13)12(3,4)5/h10-11,13H,6-9H2,1-5H3. The lowest BCUT2D eigenvalue weighted by Gasteiger charge is -2.34. The van der Waals surface area contributed by atoms with Crippen molar-refractivity contribution in [2.75, 3.05) is 0 Å². The molecule has 0 aromatic rings. The first kappa shape index (κ1) is 13.9. The molecule has 0 rings (SSSR count). The predicted octanol–water partition coefficient (Wildman–Crippen LogP) is 4.11. The maximum Gasteiger partial charge on any atom is 0.100 e. The Morgan fingerprint density at radius 3 is 2.07 bits per heavy atom. The third kappa shape index (κ3) is 4.43. The van der Waals surface area contributed by atoms with E-state index in [0.29, 0.717) is 5.92 Å². The van der Waals surface area contributed by atoms with Gasteiger partial charge in [-0.3, -0.25) is 5.26 Å². The fraction of sp³-hybridized carbons (Fsp3) is 1.00. The molecule has 0 aliphatic heterocycles. The molecule has 2 nitrogen and oxygen atoms in total. The van der Waals surface area contributed by atoms with E-state index in [4.69, 9.17) is 5.26 Å². The fourth-order valence-corrected chi connectivity index (χ4v) is 1.99. The van der Waals surface area contributed by atoms with Gasteiger partial charge in [0.25, 0.3) is 0 Å². The summed E-state index contributed by atoms with van der Waals surface area (Å²) in [6.07, 6.45) is 4.60. The molecule has 86 valence electrons. The van der Waals surface area contributed by atoms with Crippen LogP contribution in [0.25, 0.3) is 0 Å². The molecule has 1 N–H and O–H groups in total. The van der Waals surface area contributed by atoms with E-state index >= 15 is 0 Å². The van der Waals surface area contributed by atoms with Gasteiger partial charge in [-0.1, -0.05) is 53.9 Å². The number of rotatable bonds is 6.